The van der Waals surface area contributed by atoms with Gasteiger partial charge in [0.2, 0.25) is 11.8 Å². The number of piperidine rings is 1. The lowest BCUT2D eigenvalue weighted by Gasteiger charge is -2.38. The van der Waals surface area contributed by atoms with Crippen LogP contribution in [0.4, 0.5) is 10.1 Å². The average molecular weight is 305 g/mol. The first kappa shape index (κ1) is 15.0. The van der Waals surface area contributed by atoms with Crippen molar-refractivity contribution in [3.8, 4) is 0 Å². The summed E-state index contributed by atoms with van der Waals surface area (Å²) in [4.78, 5) is 26.6. The van der Waals surface area contributed by atoms with E-state index in [-0.39, 0.29) is 24.3 Å². The van der Waals surface area contributed by atoms with Gasteiger partial charge in [-0.05, 0) is 37.0 Å². The first-order valence-corrected chi connectivity index (χ1v) is 7.70. The van der Waals surface area contributed by atoms with E-state index in [1.165, 1.54) is 12.1 Å². The van der Waals surface area contributed by atoms with Crippen LogP contribution in [-0.4, -0.2) is 35.8 Å². The van der Waals surface area contributed by atoms with Crippen molar-refractivity contribution >= 4 is 17.5 Å². The molecule has 1 aromatic rings. The highest BCUT2D eigenvalue weighted by Gasteiger charge is 2.36. The molecule has 2 amide bonds. The fourth-order valence-electron chi connectivity index (χ4n) is 3.39. The van der Waals surface area contributed by atoms with E-state index < -0.39 is 11.7 Å². The first-order chi connectivity index (χ1) is 10.6. The van der Waals surface area contributed by atoms with Gasteiger partial charge < -0.3 is 16.0 Å². The fraction of sp³-hybridized carbons (Fsp3) is 0.500. The zero-order valence-corrected chi connectivity index (χ0v) is 12.3. The van der Waals surface area contributed by atoms with Gasteiger partial charge in [-0.25, -0.2) is 4.39 Å². The van der Waals surface area contributed by atoms with Gasteiger partial charge in [0.1, 0.15) is 5.82 Å². The third-order valence-corrected chi connectivity index (χ3v) is 4.53. The second kappa shape index (κ2) is 6.04. The van der Waals surface area contributed by atoms with Crippen molar-refractivity contribution in [3.63, 3.8) is 0 Å². The maximum Gasteiger partial charge on any atom is 0.231 e. The van der Waals surface area contributed by atoms with E-state index in [1.54, 1.807) is 11.0 Å². The quantitative estimate of drug-likeness (QED) is 0.871. The number of nitrogens with zero attached hydrogens (tertiary/aromatic N) is 1. The van der Waals surface area contributed by atoms with E-state index >= 15 is 0 Å². The molecule has 0 bridgehead atoms. The fourth-order valence-corrected chi connectivity index (χ4v) is 3.39. The van der Waals surface area contributed by atoms with Gasteiger partial charge in [0.25, 0.3) is 0 Å². The van der Waals surface area contributed by atoms with Gasteiger partial charge in [0.15, 0.2) is 0 Å². The Kier molecular flexibility index (Phi) is 4.11. The van der Waals surface area contributed by atoms with Crippen molar-refractivity contribution < 1.29 is 14.0 Å². The number of anilines is 1. The van der Waals surface area contributed by atoms with Crippen LogP contribution in [0.25, 0.3) is 0 Å². The number of halogens is 1. The molecule has 0 aromatic heterocycles. The van der Waals surface area contributed by atoms with Crippen LogP contribution in [0.1, 0.15) is 37.2 Å². The number of carbonyl (C=O) groups excluding carboxylic acids is 2. The number of fused-ring (bicyclic) bond motifs is 1. The predicted octanol–water partition coefficient (Wildman–Crippen LogP) is 1.59. The van der Waals surface area contributed by atoms with Crippen molar-refractivity contribution in [3.05, 3.63) is 29.6 Å². The van der Waals surface area contributed by atoms with Crippen LogP contribution < -0.4 is 11.1 Å². The molecule has 2 atom stereocenters. The van der Waals surface area contributed by atoms with Crippen LogP contribution in [0.3, 0.4) is 0 Å². The lowest BCUT2D eigenvalue weighted by Crippen LogP contribution is -2.50. The summed E-state index contributed by atoms with van der Waals surface area (Å²) in [6.07, 6.45) is 3.03. The van der Waals surface area contributed by atoms with Crippen LogP contribution in [0.2, 0.25) is 0 Å². The Balaban J connectivity index is 1.91. The number of carbonyl (C=O) groups is 2. The van der Waals surface area contributed by atoms with Crippen LogP contribution in [0, 0.1) is 5.82 Å². The molecule has 0 radical (unpaired) electrons. The number of nitrogens with two attached hydrogens (primary N) is 1. The number of hydrogen-bond donors (Lipinski definition) is 2. The summed E-state index contributed by atoms with van der Waals surface area (Å²) >= 11 is 0. The van der Waals surface area contributed by atoms with E-state index in [0.29, 0.717) is 24.3 Å². The number of likely N-dealkylation sites (tertiary alicyclic amines) is 1. The molecule has 6 heteroatoms. The van der Waals surface area contributed by atoms with Crippen LogP contribution in [-0.2, 0) is 9.59 Å². The van der Waals surface area contributed by atoms with E-state index in [1.807, 2.05) is 0 Å². The zero-order valence-electron chi connectivity index (χ0n) is 12.3. The van der Waals surface area contributed by atoms with Gasteiger partial charge in [-0.3, -0.25) is 9.59 Å². The molecule has 1 aromatic carbocycles. The van der Waals surface area contributed by atoms with Crippen LogP contribution >= 0.6 is 0 Å². The van der Waals surface area contributed by atoms with E-state index in [0.717, 1.165) is 19.3 Å². The molecule has 5 nitrogen and oxygen atoms in total. The Morgan fingerprint density at radius 3 is 3.00 bits per heavy atom. The summed E-state index contributed by atoms with van der Waals surface area (Å²) in [6, 6.07) is 4.22. The van der Waals surface area contributed by atoms with E-state index in [9.17, 15) is 14.0 Å². The summed E-state index contributed by atoms with van der Waals surface area (Å²) in [7, 11) is 0. The molecule has 2 aliphatic heterocycles. The van der Waals surface area contributed by atoms with Gasteiger partial charge in [-0.2, -0.15) is 0 Å². The van der Waals surface area contributed by atoms with Crippen LogP contribution in [0.15, 0.2) is 18.2 Å². The molecule has 1 saturated heterocycles. The molecule has 0 saturated carbocycles. The molecule has 118 valence electrons. The molecule has 1 fully saturated rings. The second-order valence-corrected chi connectivity index (χ2v) is 5.95. The minimum absolute atomic E-state index is 0.0372. The molecule has 2 aliphatic rings. The lowest BCUT2D eigenvalue weighted by atomic mass is 9.88. The summed E-state index contributed by atoms with van der Waals surface area (Å²) in [5, 5.41) is 2.64. The topological polar surface area (TPSA) is 75.4 Å². The lowest BCUT2D eigenvalue weighted by molar-refractivity contribution is -0.138. The predicted molar refractivity (Wildman–Crippen MR) is 80.8 cm³/mol. The summed E-state index contributed by atoms with van der Waals surface area (Å²) in [5.74, 6) is -1.29. The van der Waals surface area contributed by atoms with E-state index in [4.69, 9.17) is 5.73 Å². The van der Waals surface area contributed by atoms with Gasteiger partial charge in [0, 0.05) is 31.2 Å². The van der Waals surface area contributed by atoms with Gasteiger partial charge in [-0.15, -0.1) is 0 Å². The van der Waals surface area contributed by atoms with Crippen molar-refractivity contribution in [2.75, 3.05) is 18.4 Å². The highest BCUT2D eigenvalue weighted by molar-refractivity contribution is 6.01. The molecule has 0 spiro atoms. The third-order valence-electron chi connectivity index (χ3n) is 4.53. The number of benzene rings is 1. The maximum atomic E-state index is 13.4. The maximum absolute atomic E-state index is 13.4. The Bertz CT molecular complexity index is 605. The van der Waals surface area contributed by atoms with Gasteiger partial charge in [-0.1, -0.05) is 6.07 Å². The minimum atomic E-state index is -0.545. The molecule has 2 heterocycles. The molecule has 3 N–H and O–H groups in total. The number of amides is 2. The summed E-state index contributed by atoms with van der Waals surface area (Å²) in [5.41, 5.74) is 6.87. The molecular weight excluding hydrogens is 285 g/mol. The van der Waals surface area contributed by atoms with Crippen LogP contribution in [0.5, 0.6) is 0 Å². The van der Waals surface area contributed by atoms with Gasteiger partial charge >= 0.3 is 0 Å². The molecule has 0 aliphatic carbocycles. The molecule has 3 rings (SSSR count). The number of hydrogen-bond acceptors (Lipinski definition) is 3. The monoisotopic (exact) mass is 305 g/mol. The van der Waals surface area contributed by atoms with Gasteiger partial charge in [0.05, 0.1) is 5.92 Å². The zero-order chi connectivity index (χ0) is 15.7. The van der Waals surface area contributed by atoms with E-state index in [2.05, 4.69) is 5.32 Å². The Hall–Kier alpha value is -1.95. The molecule has 22 heavy (non-hydrogen) atoms. The van der Waals surface area contributed by atoms with Crippen molar-refractivity contribution in [1.82, 2.24) is 4.90 Å². The molecular formula is C16H20FN3O2. The molecule has 2 unspecified atom stereocenters. The Labute approximate surface area is 128 Å². The number of nitrogens with one attached hydrogen (secondary N) is 1. The normalized spacial score (nSPS) is 24.6. The largest absolute Gasteiger partial charge is 0.338 e. The SMILES string of the molecule is NCC1CCCCN1C(=O)C1CC(=O)Nc2cc(F)ccc21. The van der Waals surface area contributed by atoms with Crippen molar-refractivity contribution in [2.45, 2.75) is 37.6 Å². The Morgan fingerprint density at radius 2 is 2.23 bits per heavy atom. The van der Waals surface area contributed by atoms with Crippen molar-refractivity contribution in [2.24, 2.45) is 5.73 Å². The Morgan fingerprint density at radius 1 is 1.41 bits per heavy atom. The first-order valence-electron chi connectivity index (χ1n) is 7.70. The highest BCUT2D eigenvalue weighted by atomic mass is 19.1. The average Bonchev–Trinajstić information content (AvgIpc) is 2.52. The number of rotatable bonds is 2. The standard InChI is InChI=1S/C16H20FN3O2/c17-10-4-5-12-13(8-15(21)19-14(12)7-10)16(22)20-6-2-1-3-11(20)9-18/h4-5,7,11,13H,1-3,6,8-9,18H2,(H,19,21). The minimum Gasteiger partial charge on any atom is -0.338 e. The second-order valence-electron chi connectivity index (χ2n) is 5.95. The highest BCUT2D eigenvalue weighted by Crippen LogP contribution is 2.35. The summed E-state index contributed by atoms with van der Waals surface area (Å²) in [6.45, 7) is 1.11. The van der Waals surface area contributed by atoms with Crippen molar-refractivity contribution in [1.29, 1.82) is 0 Å². The summed E-state index contributed by atoms with van der Waals surface area (Å²) < 4.78 is 13.4. The third kappa shape index (κ3) is 2.70. The smallest absolute Gasteiger partial charge is 0.231 e.